The first-order chi connectivity index (χ1) is 11.9. The Morgan fingerprint density at radius 3 is 2.62 bits per heavy atom. The number of nitrogens with one attached hydrogen (secondary N) is 2. The third-order valence-electron chi connectivity index (χ3n) is 4.45. The van der Waals surface area contributed by atoms with Crippen LogP contribution < -0.4 is 10.6 Å². The molecule has 5 nitrogen and oxygen atoms in total. The van der Waals surface area contributed by atoms with Crippen molar-refractivity contribution < 1.29 is 4.79 Å². The van der Waals surface area contributed by atoms with Gasteiger partial charge in [0.1, 0.15) is 6.54 Å². The summed E-state index contributed by atoms with van der Waals surface area (Å²) in [6, 6.07) is 10.4. The van der Waals surface area contributed by atoms with Gasteiger partial charge in [-0.25, -0.2) is 4.99 Å². The molecular formula is C19H31IN4OS. The summed E-state index contributed by atoms with van der Waals surface area (Å²) in [6.07, 6.45) is 2.48. The molecule has 2 atom stereocenters. The molecule has 26 heavy (non-hydrogen) atoms. The molecule has 1 aromatic carbocycles. The van der Waals surface area contributed by atoms with Crippen LogP contribution in [0.3, 0.4) is 0 Å². The molecule has 7 heteroatoms. The highest BCUT2D eigenvalue weighted by Crippen LogP contribution is 2.36. The molecule has 1 aromatic rings. The van der Waals surface area contributed by atoms with Crippen LogP contribution in [0, 0.1) is 0 Å². The topological polar surface area (TPSA) is 56.7 Å². The lowest BCUT2D eigenvalue weighted by Gasteiger charge is -2.26. The first-order valence-corrected chi connectivity index (χ1v) is 9.82. The maximum atomic E-state index is 11.9. The molecule has 0 bridgehead atoms. The minimum atomic E-state index is -0.00471. The third-order valence-corrected chi connectivity index (χ3v) is 5.99. The van der Waals surface area contributed by atoms with Crippen molar-refractivity contribution in [1.82, 2.24) is 15.5 Å². The number of amides is 1. The summed E-state index contributed by atoms with van der Waals surface area (Å²) in [6.45, 7) is 5.39. The summed E-state index contributed by atoms with van der Waals surface area (Å²) in [4.78, 5) is 17.9. The summed E-state index contributed by atoms with van der Waals surface area (Å²) in [5.41, 5.74) is 1.19. The normalized spacial score (nSPS) is 20.8. The van der Waals surface area contributed by atoms with Crippen LogP contribution in [0.5, 0.6) is 0 Å². The Balaban J connectivity index is 0.00000338. The summed E-state index contributed by atoms with van der Waals surface area (Å²) in [5, 5.41) is 6.87. The van der Waals surface area contributed by atoms with E-state index in [1.54, 1.807) is 19.0 Å². The van der Waals surface area contributed by atoms with Gasteiger partial charge in [0.05, 0.1) is 6.04 Å². The van der Waals surface area contributed by atoms with Crippen LogP contribution in [0.2, 0.25) is 0 Å². The van der Waals surface area contributed by atoms with Crippen molar-refractivity contribution in [2.45, 2.75) is 37.5 Å². The summed E-state index contributed by atoms with van der Waals surface area (Å²) in [7, 11) is 3.50. The molecule has 0 aromatic heterocycles. The number of halogens is 1. The Hall–Kier alpha value is -0.960. The number of guanidine groups is 1. The van der Waals surface area contributed by atoms with Crippen LogP contribution in [-0.4, -0.2) is 54.5 Å². The smallest absolute Gasteiger partial charge is 0.243 e. The third kappa shape index (κ3) is 7.34. The van der Waals surface area contributed by atoms with E-state index in [1.807, 2.05) is 30.0 Å². The first-order valence-electron chi connectivity index (χ1n) is 8.83. The van der Waals surface area contributed by atoms with Gasteiger partial charge in [-0.15, -0.1) is 24.0 Å². The van der Waals surface area contributed by atoms with Gasteiger partial charge < -0.3 is 15.5 Å². The highest BCUT2D eigenvalue weighted by molar-refractivity contribution is 14.0. The number of rotatable bonds is 6. The standard InChI is InChI=1S/C19H30N4OS.HI/c1-15(16-9-6-5-7-10-16)22-18(20-13-17(24)23(3)4)21-14-19(2)11-8-12-25-19;/h5-7,9-10,15H,8,11-14H2,1-4H3,(H2,20,21,22);1H. The highest BCUT2D eigenvalue weighted by Gasteiger charge is 2.29. The lowest BCUT2D eigenvalue weighted by Crippen LogP contribution is -2.45. The molecule has 146 valence electrons. The molecule has 1 saturated heterocycles. The van der Waals surface area contributed by atoms with E-state index in [1.165, 1.54) is 24.2 Å². The van der Waals surface area contributed by atoms with E-state index in [4.69, 9.17) is 0 Å². The van der Waals surface area contributed by atoms with Gasteiger partial charge >= 0.3 is 0 Å². The molecule has 1 aliphatic heterocycles. The van der Waals surface area contributed by atoms with Crippen molar-refractivity contribution in [3.8, 4) is 0 Å². The van der Waals surface area contributed by atoms with Gasteiger partial charge in [-0.05, 0) is 38.0 Å². The number of likely N-dealkylation sites (N-methyl/N-ethyl adjacent to an activating group) is 1. The zero-order valence-corrected chi connectivity index (χ0v) is 19.3. The lowest BCUT2D eigenvalue weighted by molar-refractivity contribution is -0.127. The van der Waals surface area contributed by atoms with Crippen molar-refractivity contribution in [3.05, 3.63) is 35.9 Å². The Bertz CT molecular complexity index is 588. The summed E-state index contributed by atoms with van der Waals surface area (Å²) >= 11 is 2.01. The average molecular weight is 490 g/mol. The van der Waals surface area contributed by atoms with Gasteiger partial charge in [-0.3, -0.25) is 4.79 Å². The molecule has 2 rings (SSSR count). The fourth-order valence-corrected chi connectivity index (χ4v) is 3.96. The number of aliphatic imine (C=N–C) groups is 1. The maximum Gasteiger partial charge on any atom is 0.243 e. The second-order valence-corrected chi connectivity index (χ2v) is 8.67. The zero-order valence-electron chi connectivity index (χ0n) is 16.1. The minimum absolute atomic E-state index is 0. The van der Waals surface area contributed by atoms with E-state index in [9.17, 15) is 4.79 Å². The molecule has 1 aliphatic rings. The van der Waals surface area contributed by atoms with Crippen LogP contribution in [0.1, 0.15) is 38.3 Å². The van der Waals surface area contributed by atoms with Gasteiger partial charge in [0.15, 0.2) is 5.96 Å². The number of hydrogen-bond acceptors (Lipinski definition) is 3. The summed E-state index contributed by atoms with van der Waals surface area (Å²) < 4.78 is 0.240. The predicted molar refractivity (Wildman–Crippen MR) is 123 cm³/mol. The minimum Gasteiger partial charge on any atom is -0.355 e. The van der Waals surface area contributed by atoms with Gasteiger partial charge in [0.2, 0.25) is 5.91 Å². The monoisotopic (exact) mass is 490 g/mol. The van der Waals surface area contributed by atoms with Crippen LogP contribution in [0.4, 0.5) is 0 Å². The highest BCUT2D eigenvalue weighted by atomic mass is 127. The Morgan fingerprint density at radius 2 is 2.04 bits per heavy atom. The fourth-order valence-electron chi connectivity index (χ4n) is 2.72. The average Bonchev–Trinajstić information content (AvgIpc) is 3.04. The fraction of sp³-hybridized carbons (Fsp3) is 0.579. The Morgan fingerprint density at radius 1 is 1.35 bits per heavy atom. The maximum absolute atomic E-state index is 11.9. The van der Waals surface area contributed by atoms with Crippen LogP contribution in [0.25, 0.3) is 0 Å². The van der Waals surface area contributed by atoms with Crippen LogP contribution in [-0.2, 0) is 4.79 Å². The molecule has 0 radical (unpaired) electrons. The molecule has 1 amide bonds. The van der Waals surface area contributed by atoms with Crippen LogP contribution in [0.15, 0.2) is 35.3 Å². The van der Waals surface area contributed by atoms with Crippen LogP contribution >= 0.6 is 35.7 Å². The summed E-state index contributed by atoms with van der Waals surface area (Å²) in [5.74, 6) is 1.91. The predicted octanol–water partition coefficient (Wildman–Crippen LogP) is 3.27. The van der Waals surface area contributed by atoms with E-state index in [0.29, 0.717) is 5.96 Å². The first kappa shape index (κ1) is 23.1. The van der Waals surface area contributed by atoms with Gasteiger partial charge in [0.25, 0.3) is 0 Å². The Kier molecular flexibility index (Phi) is 9.78. The van der Waals surface area contributed by atoms with E-state index in [-0.39, 0.29) is 47.2 Å². The number of hydrogen-bond donors (Lipinski definition) is 2. The second-order valence-electron chi connectivity index (χ2n) is 6.99. The van der Waals surface area contributed by atoms with Gasteiger partial charge in [-0.2, -0.15) is 11.8 Å². The molecule has 0 spiro atoms. The zero-order chi connectivity index (χ0) is 18.3. The van der Waals surface area contributed by atoms with E-state index < -0.39 is 0 Å². The largest absolute Gasteiger partial charge is 0.355 e. The lowest BCUT2D eigenvalue weighted by atomic mass is 10.1. The molecular weight excluding hydrogens is 459 g/mol. The Labute approximate surface area is 178 Å². The van der Waals surface area contributed by atoms with Gasteiger partial charge in [0, 0.05) is 25.4 Å². The van der Waals surface area contributed by atoms with Crippen molar-refractivity contribution in [1.29, 1.82) is 0 Å². The number of benzene rings is 1. The number of carbonyl (C=O) groups excluding carboxylic acids is 1. The number of carbonyl (C=O) groups is 1. The van der Waals surface area contributed by atoms with Gasteiger partial charge in [-0.1, -0.05) is 30.3 Å². The molecule has 1 heterocycles. The number of nitrogens with zero attached hydrogens (tertiary/aromatic N) is 2. The second kappa shape index (κ2) is 11.0. The van der Waals surface area contributed by atoms with E-state index in [0.717, 1.165) is 6.54 Å². The van der Waals surface area contributed by atoms with E-state index in [2.05, 4.69) is 41.6 Å². The molecule has 2 unspecified atom stereocenters. The molecule has 0 aliphatic carbocycles. The SMILES string of the molecule is CC(NC(=NCC(=O)N(C)C)NCC1(C)CCCS1)c1ccccc1.I. The van der Waals surface area contributed by atoms with Crippen molar-refractivity contribution >= 4 is 47.6 Å². The van der Waals surface area contributed by atoms with Crippen molar-refractivity contribution in [2.24, 2.45) is 4.99 Å². The molecule has 1 fully saturated rings. The number of thioether (sulfide) groups is 1. The molecule has 0 saturated carbocycles. The van der Waals surface area contributed by atoms with Crippen molar-refractivity contribution in [3.63, 3.8) is 0 Å². The van der Waals surface area contributed by atoms with E-state index >= 15 is 0 Å². The molecule has 2 N–H and O–H groups in total. The van der Waals surface area contributed by atoms with Crippen molar-refractivity contribution in [2.75, 3.05) is 32.9 Å². The quantitative estimate of drug-likeness (QED) is 0.365.